The molecule has 22 heavy (non-hydrogen) atoms. The summed E-state index contributed by atoms with van der Waals surface area (Å²) in [4.78, 5) is 14.9. The second-order valence-corrected chi connectivity index (χ2v) is 6.70. The highest BCUT2D eigenvalue weighted by Crippen LogP contribution is 2.39. The molecule has 3 atom stereocenters. The van der Waals surface area contributed by atoms with Gasteiger partial charge >= 0.3 is 0 Å². The van der Waals surface area contributed by atoms with Crippen molar-refractivity contribution in [3.8, 4) is 0 Å². The zero-order valence-corrected chi connectivity index (χ0v) is 14.1. The lowest BCUT2D eigenvalue weighted by molar-refractivity contribution is -0.134. The normalized spacial score (nSPS) is 27.1. The molecule has 1 aliphatic carbocycles. The molecule has 0 spiro atoms. The molecule has 122 valence electrons. The number of amides is 1. The van der Waals surface area contributed by atoms with Crippen molar-refractivity contribution in [3.05, 3.63) is 29.8 Å². The van der Waals surface area contributed by atoms with Crippen LogP contribution in [0.2, 0.25) is 0 Å². The third kappa shape index (κ3) is 3.40. The minimum Gasteiger partial charge on any atom is -0.399 e. The van der Waals surface area contributed by atoms with Crippen LogP contribution in [-0.4, -0.2) is 22.9 Å². The number of nitrogens with zero attached hydrogens (tertiary/aromatic N) is 1. The Morgan fingerprint density at radius 1 is 1.27 bits per heavy atom. The van der Waals surface area contributed by atoms with E-state index in [4.69, 9.17) is 5.73 Å². The van der Waals surface area contributed by atoms with E-state index in [1.165, 1.54) is 32.1 Å². The van der Waals surface area contributed by atoms with E-state index in [-0.39, 0.29) is 12.4 Å². The number of para-hydroxylation sites is 1. The third-order valence-electron chi connectivity index (χ3n) is 5.30. The van der Waals surface area contributed by atoms with Crippen LogP contribution >= 0.6 is 12.4 Å². The molecule has 3 unspecified atom stereocenters. The van der Waals surface area contributed by atoms with Gasteiger partial charge in [-0.2, -0.15) is 0 Å². The lowest BCUT2D eigenvalue weighted by Crippen LogP contribution is -2.42. The van der Waals surface area contributed by atoms with Gasteiger partial charge in [-0.15, -0.1) is 12.4 Å². The van der Waals surface area contributed by atoms with E-state index in [0.29, 0.717) is 24.4 Å². The Kier molecular flexibility index (Phi) is 5.74. The minimum absolute atomic E-state index is 0. The Bertz CT molecular complexity index is 520. The number of benzene rings is 1. The number of halogens is 1. The summed E-state index contributed by atoms with van der Waals surface area (Å²) in [6.45, 7) is 2.22. The van der Waals surface area contributed by atoms with Crippen LogP contribution in [0.4, 0.5) is 5.69 Å². The Morgan fingerprint density at radius 2 is 2.00 bits per heavy atom. The van der Waals surface area contributed by atoms with Crippen LogP contribution in [-0.2, 0) is 11.2 Å². The number of aryl methyl sites for hydroxylation is 1. The molecule has 1 aromatic carbocycles. The summed E-state index contributed by atoms with van der Waals surface area (Å²) in [6.07, 6.45) is 7.68. The van der Waals surface area contributed by atoms with Gasteiger partial charge in [0, 0.05) is 24.2 Å². The topological polar surface area (TPSA) is 46.3 Å². The van der Waals surface area contributed by atoms with Gasteiger partial charge in [0.25, 0.3) is 0 Å². The number of likely N-dealkylation sites (tertiary alicyclic amines) is 1. The van der Waals surface area contributed by atoms with Gasteiger partial charge in [0.2, 0.25) is 5.91 Å². The Labute approximate surface area is 139 Å². The molecule has 1 aromatic rings. The van der Waals surface area contributed by atoms with Crippen LogP contribution in [0.5, 0.6) is 0 Å². The summed E-state index contributed by atoms with van der Waals surface area (Å²) in [5.74, 6) is 1.07. The maximum Gasteiger partial charge on any atom is 0.223 e. The molecule has 4 heteroatoms. The van der Waals surface area contributed by atoms with Crippen LogP contribution in [0.1, 0.15) is 51.0 Å². The molecule has 2 N–H and O–H groups in total. The molecular weight excluding hydrogens is 296 g/mol. The van der Waals surface area contributed by atoms with E-state index in [9.17, 15) is 4.79 Å². The fraction of sp³-hybridized carbons (Fsp3) is 0.611. The van der Waals surface area contributed by atoms with Crippen molar-refractivity contribution in [1.82, 2.24) is 4.90 Å². The van der Waals surface area contributed by atoms with E-state index < -0.39 is 0 Å². The summed E-state index contributed by atoms with van der Waals surface area (Å²) in [7, 11) is 0. The monoisotopic (exact) mass is 322 g/mol. The summed E-state index contributed by atoms with van der Waals surface area (Å²) < 4.78 is 0. The Morgan fingerprint density at radius 3 is 2.77 bits per heavy atom. The number of carbonyl (C=O) groups excluding carboxylic acids is 1. The molecule has 3 rings (SSSR count). The highest BCUT2D eigenvalue weighted by Gasteiger charge is 2.41. The van der Waals surface area contributed by atoms with Gasteiger partial charge in [-0.3, -0.25) is 4.79 Å². The van der Waals surface area contributed by atoms with E-state index >= 15 is 0 Å². The number of carbonyl (C=O) groups is 1. The molecule has 0 bridgehead atoms. The second kappa shape index (κ2) is 7.36. The zero-order valence-electron chi connectivity index (χ0n) is 13.3. The Balaban J connectivity index is 0.00000176. The molecule has 1 aliphatic heterocycles. The largest absolute Gasteiger partial charge is 0.399 e. The fourth-order valence-electron chi connectivity index (χ4n) is 4.27. The average molecular weight is 323 g/mol. The van der Waals surface area contributed by atoms with E-state index in [2.05, 4.69) is 11.8 Å². The average Bonchev–Trinajstić information content (AvgIpc) is 2.82. The van der Waals surface area contributed by atoms with Crippen molar-refractivity contribution in [2.24, 2.45) is 5.92 Å². The first-order valence-corrected chi connectivity index (χ1v) is 8.31. The van der Waals surface area contributed by atoms with Crippen molar-refractivity contribution in [3.63, 3.8) is 0 Å². The predicted octanol–water partition coefficient (Wildman–Crippen LogP) is 3.80. The Hall–Kier alpha value is -1.22. The third-order valence-corrected chi connectivity index (χ3v) is 5.30. The zero-order chi connectivity index (χ0) is 14.8. The number of anilines is 1. The first-order chi connectivity index (χ1) is 10.2. The highest BCUT2D eigenvalue weighted by molar-refractivity contribution is 5.85. The molecule has 1 heterocycles. The van der Waals surface area contributed by atoms with Gasteiger partial charge in [0.1, 0.15) is 0 Å². The van der Waals surface area contributed by atoms with Crippen LogP contribution in [0.3, 0.4) is 0 Å². The molecule has 1 amide bonds. The molecule has 2 aliphatic rings. The number of hydrogen-bond acceptors (Lipinski definition) is 2. The second-order valence-electron chi connectivity index (χ2n) is 6.70. The highest BCUT2D eigenvalue weighted by atomic mass is 35.5. The number of fused-ring (bicyclic) bond motifs is 1. The molecule has 0 aromatic heterocycles. The molecule has 1 saturated carbocycles. The first kappa shape index (κ1) is 17.1. The van der Waals surface area contributed by atoms with E-state index in [1.54, 1.807) is 0 Å². The standard InChI is InChI=1S/C18H26N2O.ClH/c1-13-12-15-7-3-5-9-17(15)20(13)18(21)11-10-14-6-2-4-8-16(14)19;/h2,4,6,8,13,15,17H,3,5,7,9-12,19H2,1H3;1H. The molecule has 2 fully saturated rings. The van der Waals surface area contributed by atoms with Crippen molar-refractivity contribution in [2.75, 3.05) is 5.73 Å². The van der Waals surface area contributed by atoms with Gasteiger partial charge in [-0.1, -0.05) is 31.0 Å². The van der Waals surface area contributed by atoms with Gasteiger partial charge < -0.3 is 10.6 Å². The van der Waals surface area contributed by atoms with Crippen molar-refractivity contribution < 1.29 is 4.79 Å². The maximum atomic E-state index is 12.7. The number of nitrogen functional groups attached to an aromatic ring is 1. The molecule has 0 radical (unpaired) electrons. The van der Waals surface area contributed by atoms with E-state index in [1.807, 2.05) is 24.3 Å². The lowest BCUT2D eigenvalue weighted by atomic mass is 9.85. The van der Waals surface area contributed by atoms with Crippen LogP contribution in [0.25, 0.3) is 0 Å². The predicted molar refractivity (Wildman–Crippen MR) is 93.1 cm³/mol. The van der Waals surface area contributed by atoms with Gasteiger partial charge in [-0.25, -0.2) is 0 Å². The smallest absolute Gasteiger partial charge is 0.223 e. The van der Waals surface area contributed by atoms with Crippen LogP contribution in [0.15, 0.2) is 24.3 Å². The minimum atomic E-state index is 0. The maximum absolute atomic E-state index is 12.7. The van der Waals surface area contributed by atoms with Gasteiger partial charge in [-0.05, 0) is 50.2 Å². The molecule has 1 saturated heterocycles. The first-order valence-electron chi connectivity index (χ1n) is 8.31. The van der Waals surface area contributed by atoms with Gasteiger partial charge in [0.15, 0.2) is 0 Å². The number of nitrogens with two attached hydrogens (primary N) is 1. The van der Waals surface area contributed by atoms with Crippen molar-refractivity contribution >= 4 is 24.0 Å². The summed E-state index contributed by atoms with van der Waals surface area (Å²) >= 11 is 0. The van der Waals surface area contributed by atoms with Gasteiger partial charge in [0.05, 0.1) is 0 Å². The van der Waals surface area contributed by atoms with Crippen LogP contribution < -0.4 is 5.73 Å². The fourth-order valence-corrected chi connectivity index (χ4v) is 4.27. The quantitative estimate of drug-likeness (QED) is 0.860. The molecule has 3 nitrogen and oxygen atoms in total. The van der Waals surface area contributed by atoms with Crippen LogP contribution in [0, 0.1) is 5.92 Å². The van der Waals surface area contributed by atoms with Crippen molar-refractivity contribution in [1.29, 1.82) is 0 Å². The number of rotatable bonds is 3. The van der Waals surface area contributed by atoms with E-state index in [0.717, 1.165) is 23.6 Å². The number of hydrogen-bond donors (Lipinski definition) is 1. The SMILES string of the molecule is CC1CC2CCCCC2N1C(=O)CCc1ccccc1N.Cl. The summed E-state index contributed by atoms with van der Waals surface area (Å²) in [5, 5.41) is 0. The van der Waals surface area contributed by atoms with Crippen molar-refractivity contribution in [2.45, 2.75) is 64.0 Å². The molecular formula is C18H27ClN2O. The summed E-state index contributed by atoms with van der Waals surface area (Å²) in [6, 6.07) is 8.80. The summed E-state index contributed by atoms with van der Waals surface area (Å²) in [5.41, 5.74) is 7.87. The lowest BCUT2D eigenvalue weighted by Gasteiger charge is -2.33.